The summed E-state index contributed by atoms with van der Waals surface area (Å²) in [4.78, 5) is 0. The Bertz CT molecular complexity index is 2520. The molecule has 43 heavy (non-hydrogen) atoms. The van der Waals surface area contributed by atoms with Crippen molar-refractivity contribution in [1.82, 2.24) is 0 Å². The molecule has 198 valence electrons. The first-order chi connectivity index (χ1) is 21.2. The zero-order valence-corrected chi connectivity index (χ0v) is 22.5. The molecule has 0 fully saturated rings. The lowest BCUT2D eigenvalue weighted by molar-refractivity contribution is 0.663. The fourth-order valence-corrected chi connectivity index (χ4v) is 6.40. The van der Waals surface area contributed by atoms with Gasteiger partial charge in [0.05, 0.1) is 23.3 Å². The third-order valence-electron chi connectivity index (χ3n) is 8.36. The summed E-state index contributed by atoms with van der Waals surface area (Å²) in [5.41, 5.74) is 9.41. The molecule has 5 heteroatoms. The first-order valence-corrected chi connectivity index (χ1v) is 13.9. The Balaban J connectivity index is 1.30. The SMILES string of the molecule is N#Cc1ccc2oc3c(-c4cccc5c4oc4c(-c6cccc7c6oc6ccc(C#N)cc67)cccc45)cccc3c2c1. The predicted octanol–water partition coefficient (Wildman–Crippen LogP) is 10.5. The fraction of sp³-hybridized carbons (Fsp3) is 0. The van der Waals surface area contributed by atoms with Crippen molar-refractivity contribution >= 4 is 65.8 Å². The van der Waals surface area contributed by atoms with Crippen LogP contribution in [0, 0.1) is 22.7 Å². The second-order valence-electron chi connectivity index (χ2n) is 10.7. The van der Waals surface area contributed by atoms with Crippen molar-refractivity contribution < 1.29 is 13.3 Å². The molecule has 0 aliphatic rings. The Morgan fingerprint density at radius 2 is 0.721 bits per heavy atom. The van der Waals surface area contributed by atoms with E-state index in [-0.39, 0.29) is 0 Å². The molecule has 0 spiro atoms. The van der Waals surface area contributed by atoms with Gasteiger partial charge in [-0.3, -0.25) is 0 Å². The van der Waals surface area contributed by atoms with Gasteiger partial charge in [-0.05, 0) is 36.4 Å². The zero-order valence-electron chi connectivity index (χ0n) is 22.5. The highest BCUT2D eigenvalue weighted by atomic mass is 16.3. The van der Waals surface area contributed by atoms with Gasteiger partial charge in [0.2, 0.25) is 0 Å². The van der Waals surface area contributed by atoms with E-state index in [9.17, 15) is 10.5 Å². The molecule has 0 aliphatic heterocycles. The number of benzene rings is 6. The van der Waals surface area contributed by atoms with Crippen LogP contribution in [0.5, 0.6) is 0 Å². The van der Waals surface area contributed by atoms with E-state index < -0.39 is 0 Å². The van der Waals surface area contributed by atoms with Gasteiger partial charge in [-0.1, -0.05) is 72.8 Å². The van der Waals surface area contributed by atoms with Crippen LogP contribution in [-0.2, 0) is 0 Å². The molecule has 3 aromatic heterocycles. The highest BCUT2D eigenvalue weighted by Gasteiger charge is 2.21. The maximum Gasteiger partial charge on any atom is 0.143 e. The molecule has 0 amide bonds. The number of rotatable bonds is 2. The Morgan fingerprint density at radius 1 is 0.372 bits per heavy atom. The van der Waals surface area contributed by atoms with E-state index in [4.69, 9.17) is 13.3 Å². The number of furan rings is 3. The van der Waals surface area contributed by atoms with E-state index >= 15 is 0 Å². The van der Waals surface area contributed by atoms with Crippen LogP contribution in [-0.4, -0.2) is 0 Å². The second-order valence-corrected chi connectivity index (χ2v) is 10.7. The summed E-state index contributed by atoms with van der Waals surface area (Å²) in [7, 11) is 0. The van der Waals surface area contributed by atoms with Crippen molar-refractivity contribution in [3.63, 3.8) is 0 Å². The van der Waals surface area contributed by atoms with Crippen LogP contribution in [0.4, 0.5) is 0 Å². The van der Waals surface area contributed by atoms with Crippen molar-refractivity contribution in [2.24, 2.45) is 0 Å². The minimum atomic E-state index is 0.595. The molecule has 5 nitrogen and oxygen atoms in total. The van der Waals surface area contributed by atoms with Crippen molar-refractivity contribution in [1.29, 1.82) is 10.5 Å². The molecule has 0 bridgehead atoms. The number of hydrogen-bond acceptors (Lipinski definition) is 5. The molecule has 9 aromatic rings. The van der Waals surface area contributed by atoms with Gasteiger partial charge in [0.15, 0.2) is 0 Å². The normalized spacial score (nSPS) is 11.7. The van der Waals surface area contributed by atoms with E-state index in [1.54, 1.807) is 12.1 Å². The molecule has 0 unspecified atom stereocenters. The average Bonchev–Trinajstić information content (AvgIpc) is 3.75. The number of para-hydroxylation sites is 4. The first-order valence-electron chi connectivity index (χ1n) is 13.9. The van der Waals surface area contributed by atoms with Gasteiger partial charge in [-0.2, -0.15) is 10.5 Å². The molecule has 0 N–H and O–H groups in total. The summed E-state index contributed by atoms with van der Waals surface area (Å²) in [6.07, 6.45) is 0. The summed E-state index contributed by atoms with van der Waals surface area (Å²) in [5, 5.41) is 24.6. The lowest BCUT2D eigenvalue weighted by Gasteiger charge is -2.04. The summed E-state index contributed by atoms with van der Waals surface area (Å²) in [6.45, 7) is 0. The van der Waals surface area contributed by atoms with Gasteiger partial charge in [-0.25, -0.2) is 0 Å². The third-order valence-corrected chi connectivity index (χ3v) is 8.36. The fourth-order valence-electron chi connectivity index (χ4n) is 6.40. The van der Waals surface area contributed by atoms with E-state index in [0.29, 0.717) is 11.1 Å². The van der Waals surface area contributed by atoms with Crippen molar-refractivity contribution in [2.45, 2.75) is 0 Å². The minimum absolute atomic E-state index is 0.595. The van der Waals surface area contributed by atoms with Gasteiger partial charge in [-0.15, -0.1) is 0 Å². The van der Waals surface area contributed by atoms with Gasteiger partial charge >= 0.3 is 0 Å². The molecule has 6 aromatic carbocycles. The Hall–Kier alpha value is -6.30. The Kier molecular flexibility index (Phi) is 4.68. The van der Waals surface area contributed by atoms with E-state index in [1.807, 2.05) is 72.8 Å². The van der Waals surface area contributed by atoms with Crippen molar-refractivity contribution in [3.05, 3.63) is 120 Å². The third kappa shape index (κ3) is 3.25. The van der Waals surface area contributed by atoms with E-state index in [2.05, 4.69) is 36.4 Å². The van der Waals surface area contributed by atoms with Crippen LogP contribution >= 0.6 is 0 Å². The monoisotopic (exact) mass is 550 g/mol. The van der Waals surface area contributed by atoms with Crippen LogP contribution < -0.4 is 0 Å². The van der Waals surface area contributed by atoms with Gasteiger partial charge < -0.3 is 13.3 Å². The molecule has 0 saturated carbocycles. The Morgan fingerprint density at radius 3 is 1.09 bits per heavy atom. The quantitative estimate of drug-likeness (QED) is 0.214. The summed E-state index contributed by atoms with van der Waals surface area (Å²) >= 11 is 0. The van der Waals surface area contributed by atoms with Crippen LogP contribution in [0.1, 0.15) is 11.1 Å². The van der Waals surface area contributed by atoms with Gasteiger partial charge in [0.1, 0.15) is 33.5 Å². The second kappa shape index (κ2) is 8.60. The van der Waals surface area contributed by atoms with Crippen molar-refractivity contribution in [3.8, 4) is 34.4 Å². The van der Waals surface area contributed by atoms with E-state index in [0.717, 1.165) is 88.1 Å². The predicted molar refractivity (Wildman–Crippen MR) is 169 cm³/mol. The molecule has 3 heterocycles. The Labute approximate surface area is 244 Å². The highest BCUT2D eigenvalue weighted by molar-refractivity contribution is 6.18. The molecular formula is C38H18N2O3. The first kappa shape index (κ1) is 23.4. The number of nitrogens with zero attached hydrogens (tertiary/aromatic N) is 2. The maximum absolute atomic E-state index is 9.44. The van der Waals surface area contributed by atoms with Crippen molar-refractivity contribution in [2.75, 3.05) is 0 Å². The topological polar surface area (TPSA) is 87.0 Å². The molecule has 0 saturated heterocycles. The summed E-state index contributed by atoms with van der Waals surface area (Å²) in [6, 6.07) is 40.0. The zero-order chi connectivity index (χ0) is 28.7. The molecule has 9 rings (SSSR count). The van der Waals surface area contributed by atoms with Crippen LogP contribution in [0.2, 0.25) is 0 Å². The largest absolute Gasteiger partial charge is 0.455 e. The number of nitriles is 2. The number of hydrogen-bond donors (Lipinski definition) is 0. The lowest BCUT2D eigenvalue weighted by atomic mass is 9.98. The molecule has 0 atom stereocenters. The number of fused-ring (bicyclic) bond motifs is 9. The molecular weight excluding hydrogens is 532 g/mol. The highest BCUT2D eigenvalue weighted by Crippen LogP contribution is 2.44. The van der Waals surface area contributed by atoms with Crippen LogP contribution in [0.3, 0.4) is 0 Å². The standard InChI is InChI=1S/C38H18N2O3/c39-19-21-13-15-33-31(17-21)29-11-3-5-23(35(29)41-33)25-7-1-9-27-28-10-2-8-26(38(28)43-37(25)27)24-6-4-12-30-32-18-22(20-40)14-16-34(32)42-36(24)30/h1-18H. The molecule has 0 radical (unpaired) electrons. The molecule has 0 aliphatic carbocycles. The minimum Gasteiger partial charge on any atom is -0.455 e. The van der Waals surface area contributed by atoms with Gasteiger partial charge in [0.25, 0.3) is 0 Å². The lowest BCUT2D eigenvalue weighted by Crippen LogP contribution is -1.80. The van der Waals surface area contributed by atoms with Gasteiger partial charge in [0, 0.05) is 54.6 Å². The van der Waals surface area contributed by atoms with E-state index in [1.165, 1.54) is 0 Å². The maximum atomic E-state index is 9.44. The summed E-state index contributed by atoms with van der Waals surface area (Å²) in [5.74, 6) is 0. The average molecular weight is 551 g/mol. The smallest absolute Gasteiger partial charge is 0.143 e. The summed E-state index contributed by atoms with van der Waals surface area (Å²) < 4.78 is 19.5. The van der Waals surface area contributed by atoms with Crippen LogP contribution in [0.25, 0.3) is 88.1 Å². The van der Waals surface area contributed by atoms with Crippen LogP contribution in [0.15, 0.2) is 122 Å².